The number of hydrogen-bond acceptors (Lipinski definition) is 2. The monoisotopic (exact) mass is 379 g/mol. The summed E-state index contributed by atoms with van der Waals surface area (Å²) < 4.78 is 15.7. The number of nitrogens with one attached hydrogen (secondary N) is 1. The Kier molecular flexibility index (Phi) is 5.18. The number of carbonyl (C=O) groups is 1. The van der Waals surface area contributed by atoms with Crippen LogP contribution in [-0.2, 0) is 13.6 Å². The number of likely N-dealkylation sites (tertiary alicyclic amines) is 1. The van der Waals surface area contributed by atoms with E-state index in [1.54, 1.807) is 6.07 Å². The predicted octanol–water partition coefficient (Wildman–Crippen LogP) is 4.02. The summed E-state index contributed by atoms with van der Waals surface area (Å²) in [5.74, 6) is -0.420. The molecule has 1 aliphatic rings. The molecule has 2 heterocycles. The van der Waals surface area contributed by atoms with Crippen LogP contribution >= 0.6 is 0 Å². The van der Waals surface area contributed by atoms with Gasteiger partial charge in [-0.15, -0.1) is 0 Å². The normalized spacial score (nSPS) is 15.8. The Morgan fingerprint density at radius 1 is 1.14 bits per heavy atom. The molecule has 0 spiro atoms. The lowest BCUT2D eigenvalue weighted by molar-refractivity contribution is 0.0910. The summed E-state index contributed by atoms with van der Waals surface area (Å²) in [6, 6.07) is 15.2. The van der Waals surface area contributed by atoms with Gasteiger partial charge in [0.25, 0.3) is 5.91 Å². The van der Waals surface area contributed by atoms with Crippen molar-refractivity contribution in [3.05, 3.63) is 71.2 Å². The first-order chi connectivity index (χ1) is 13.5. The van der Waals surface area contributed by atoms with Gasteiger partial charge >= 0.3 is 0 Å². The third-order valence-electron chi connectivity index (χ3n) is 5.85. The van der Waals surface area contributed by atoms with Gasteiger partial charge in [-0.05, 0) is 43.5 Å². The first-order valence-electron chi connectivity index (χ1n) is 9.84. The molecule has 146 valence electrons. The summed E-state index contributed by atoms with van der Waals surface area (Å²) in [5, 5.41) is 3.86. The van der Waals surface area contributed by atoms with Crippen LogP contribution in [0.15, 0.2) is 48.5 Å². The number of benzene rings is 2. The highest BCUT2D eigenvalue weighted by Gasteiger charge is 2.24. The van der Waals surface area contributed by atoms with Crippen LogP contribution in [0.2, 0.25) is 0 Å². The van der Waals surface area contributed by atoms with Crippen molar-refractivity contribution in [2.24, 2.45) is 7.05 Å². The van der Waals surface area contributed by atoms with Crippen LogP contribution in [0.1, 0.15) is 34.5 Å². The maximum absolute atomic E-state index is 13.8. The number of halogens is 1. The van der Waals surface area contributed by atoms with E-state index in [1.165, 1.54) is 17.7 Å². The molecule has 2 aromatic carbocycles. The summed E-state index contributed by atoms with van der Waals surface area (Å²) in [4.78, 5) is 15.4. The van der Waals surface area contributed by atoms with Gasteiger partial charge in [0.15, 0.2) is 0 Å². The van der Waals surface area contributed by atoms with Crippen LogP contribution in [-0.4, -0.2) is 34.5 Å². The predicted molar refractivity (Wildman–Crippen MR) is 110 cm³/mol. The molecule has 4 rings (SSSR count). The molecule has 1 amide bonds. The van der Waals surface area contributed by atoms with Crippen LogP contribution < -0.4 is 5.32 Å². The average molecular weight is 379 g/mol. The number of carbonyl (C=O) groups excluding carboxylic acids is 1. The van der Waals surface area contributed by atoms with Crippen LogP contribution in [0.3, 0.4) is 0 Å². The van der Waals surface area contributed by atoms with E-state index in [1.807, 2.05) is 24.6 Å². The lowest BCUT2D eigenvalue weighted by atomic mass is 10.0. The number of amides is 1. The molecular formula is C23H26FN3O. The average Bonchev–Trinajstić information content (AvgIpc) is 2.94. The summed E-state index contributed by atoms with van der Waals surface area (Å²) in [5.41, 5.74) is 3.64. The van der Waals surface area contributed by atoms with E-state index >= 15 is 0 Å². The van der Waals surface area contributed by atoms with Crippen molar-refractivity contribution in [1.82, 2.24) is 14.8 Å². The molecule has 0 atom stereocenters. The van der Waals surface area contributed by atoms with Crippen molar-refractivity contribution < 1.29 is 9.18 Å². The molecule has 1 fully saturated rings. The van der Waals surface area contributed by atoms with Crippen molar-refractivity contribution in [1.29, 1.82) is 0 Å². The molecule has 0 unspecified atom stereocenters. The minimum absolute atomic E-state index is 0.102. The second-order valence-corrected chi connectivity index (χ2v) is 7.69. The van der Waals surface area contributed by atoms with Crippen LogP contribution in [0, 0.1) is 12.7 Å². The Balaban J connectivity index is 1.42. The standard InChI is InChI=1S/C23H26FN3O/c1-16-22(20-14-18(24)8-9-21(20)26(16)2)23(28)25-19-10-12-27(13-11-19)15-17-6-4-3-5-7-17/h3-9,14,19H,10-13,15H2,1-2H3,(H,25,28). The largest absolute Gasteiger partial charge is 0.349 e. The van der Waals surface area contributed by atoms with Gasteiger partial charge in [-0.2, -0.15) is 0 Å². The lowest BCUT2D eigenvalue weighted by Crippen LogP contribution is -2.44. The third-order valence-corrected chi connectivity index (χ3v) is 5.85. The molecule has 0 saturated carbocycles. The van der Waals surface area contributed by atoms with Crippen molar-refractivity contribution in [2.75, 3.05) is 13.1 Å². The molecule has 5 heteroatoms. The zero-order valence-electron chi connectivity index (χ0n) is 16.4. The number of aryl methyl sites for hydroxylation is 1. The van der Waals surface area contributed by atoms with Gasteiger partial charge in [-0.3, -0.25) is 9.69 Å². The number of rotatable bonds is 4. The maximum atomic E-state index is 13.8. The third kappa shape index (κ3) is 3.67. The molecule has 28 heavy (non-hydrogen) atoms. The maximum Gasteiger partial charge on any atom is 0.253 e. The van der Waals surface area contributed by atoms with E-state index in [9.17, 15) is 9.18 Å². The summed E-state index contributed by atoms with van der Waals surface area (Å²) in [6.07, 6.45) is 1.85. The molecule has 4 nitrogen and oxygen atoms in total. The minimum atomic E-state index is -0.318. The van der Waals surface area contributed by atoms with Gasteiger partial charge in [0, 0.05) is 49.3 Å². The molecule has 1 N–H and O–H groups in total. The number of piperidine rings is 1. The fourth-order valence-corrected chi connectivity index (χ4v) is 4.17. The Hall–Kier alpha value is -2.66. The van der Waals surface area contributed by atoms with Crippen molar-refractivity contribution in [3.8, 4) is 0 Å². The highest BCUT2D eigenvalue weighted by molar-refractivity contribution is 6.08. The highest BCUT2D eigenvalue weighted by Crippen LogP contribution is 2.26. The van der Waals surface area contributed by atoms with Crippen molar-refractivity contribution >= 4 is 16.8 Å². The summed E-state index contributed by atoms with van der Waals surface area (Å²) in [7, 11) is 1.91. The van der Waals surface area contributed by atoms with E-state index in [-0.39, 0.29) is 17.8 Å². The molecule has 3 aromatic rings. The molecule has 1 aromatic heterocycles. The van der Waals surface area contributed by atoms with Gasteiger partial charge in [-0.1, -0.05) is 30.3 Å². The molecule has 0 bridgehead atoms. The Morgan fingerprint density at radius 3 is 2.57 bits per heavy atom. The summed E-state index contributed by atoms with van der Waals surface area (Å²) in [6.45, 7) is 4.78. The highest BCUT2D eigenvalue weighted by atomic mass is 19.1. The minimum Gasteiger partial charge on any atom is -0.349 e. The van der Waals surface area contributed by atoms with Crippen molar-refractivity contribution in [3.63, 3.8) is 0 Å². The topological polar surface area (TPSA) is 37.3 Å². The van der Waals surface area contributed by atoms with Gasteiger partial charge in [0.2, 0.25) is 0 Å². The second kappa shape index (κ2) is 7.76. The number of fused-ring (bicyclic) bond motifs is 1. The fraction of sp³-hybridized carbons (Fsp3) is 0.348. The Bertz CT molecular complexity index is 988. The molecular weight excluding hydrogens is 353 g/mol. The molecule has 1 aliphatic heterocycles. The smallest absolute Gasteiger partial charge is 0.253 e. The SMILES string of the molecule is Cc1c(C(=O)NC2CCN(Cc3ccccc3)CC2)c2cc(F)ccc2n1C. The van der Waals surface area contributed by atoms with E-state index < -0.39 is 0 Å². The Morgan fingerprint density at radius 2 is 1.86 bits per heavy atom. The quantitative estimate of drug-likeness (QED) is 0.743. The van der Waals surface area contributed by atoms with E-state index in [0.29, 0.717) is 10.9 Å². The van der Waals surface area contributed by atoms with E-state index in [0.717, 1.165) is 43.7 Å². The first kappa shape index (κ1) is 18.7. The van der Waals surface area contributed by atoms with E-state index in [2.05, 4.69) is 34.5 Å². The molecule has 0 radical (unpaired) electrons. The first-order valence-corrected chi connectivity index (χ1v) is 9.84. The molecule has 0 aliphatic carbocycles. The van der Waals surface area contributed by atoms with Gasteiger partial charge in [0.1, 0.15) is 5.82 Å². The van der Waals surface area contributed by atoms with Crippen LogP contribution in [0.25, 0.3) is 10.9 Å². The number of aromatic nitrogens is 1. The lowest BCUT2D eigenvalue weighted by Gasteiger charge is -2.32. The van der Waals surface area contributed by atoms with Gasteiger partial charge in [0.05, 0.1) is 5.56 Å². The fourth-order valence-electron chi connectivity index (χ4n) is 4.17. The van der Waals surface area contributed by atoms with Crippen molar-refractivity contribution in [2.45, 2.75) is 32.4 Å². The number of hydrogen-bond donors (Lipinski definition) is 1. The molecule has 1 saturated heterocycles. The van der Waals surface area contributed by atoms with Crippen LogP contribution in [0.5, 0.6) is 0 Å². The van der Waals surface area contributed by atoms with Crippen LogP contribution in [0.4, 0.5) is 4.39 Å². The van der Waals surface area contributed by atoms with Gasteiger partial charge in [-0.25, -0.2) is 4.39 Å². The number of nitrogens with zero attached hydrogens (tertiary/aromatic N) is 2. The Labute approximate surface area is 165 Å². The zero-order valence-corrected chi connectivity index (χ0v) is 16.4. The van der Waals surface area contributed by atoms with Gasteiger partial charge < -0.3 is 9.88 Å². The van der Waals surface area contributed by atoms with E-state index in [4.69, 9.17) is 0 Å². The second-order valence-electron chi connectivity index (χ2n) is 7.69. The zero-order chi connectivity index (χ0) is 19.7. The summed E-state index contributed by atoms with van der Waals surface area (Å²) >= 11 is 0.